The molecule has 1 unspecified atom stereocenters. The standard InChI is InChI=1S/C28H23N3/c1-20-17-22-9-5-7-13-26(22)31(20)29-19-21-15-16-28-25(18-21)24-12-6-8-14-27(24)30(28)23-10-3-2-4-11-23/h2-16,18-20H,17H2,1H3. The Kier molecular flexibility index (Phi) is 4.13. The molecule has 1 aromatic heterocycles. The normalized spacial score (nSPS) is 15.9. The van der Waals surface area contributed by atoms with E-state index in [0.29, 0.717) is 6.04 Å². The molecule has 31 heavy (non-hydrogen) atoms. The van der Waals surface area contributed by atoms with Gasteiger partial charge < -0.3 is 4.57 Å². The van der Waals surface area contributed by atoms with Crippen molar-refractivity contribution in [3.05, 3.63) is 108 Å². The number of fused-ring (bicyclic) bond motifs is 4. The minimum absolute atomic E-state index is 0.373. The van der Waals surface area contributed by atoms with E-state index in [2.05, 4.69) is 114 Å². The number of rotatable bonds is 3. The first-order valence-electron chi connectivity index (χ1n) is 10.8. The Morgan fingerprint density at radius 2 is 1.52 bits per heavy atom. The lowest BCUT2D eigenvalue weighted by Gasteiger charge is -2.18. The highest BCUT2D eigenvalue weighted by Gasteiger charge is 2.24. The van der Waals surface area contributed by atoms with Crippen LogP contribution in [0.1, 0.15) is 18.1 Å². The summed E-state index contributed by atoms with van der Waals surface area (Å²) >= 11 is 0. The molecule has 2 heterocycles. The summed E-state index contributed by atoms with van der Waals surface area (Å²) in [5.74, 6) is 0. The van der Waals surface area contributed by atoms with Gasteiger partial charge >= 0.3 is 0 Å². The van der Waals surface area contributed by atoms with Crippen LogP contribution in [0.3, 0.4) is 0 Å². The second-order valence-electron chi connectivity index (χ2n) is 8.24. The lowest BCUT2D eigenvalue weighted by Crippen LogP contribution is -2.23. The Balaban J connectivity index is 1.46. The predicted molar refractivity (Wildman–Crippen MR) is 130 cm³/mol. The average Bonchev–Trinajstić information content (AvgIpc) is 3.32. The van der Waals surface area contributed by atoms with Crippen LogP contribution in [-0.4, -0.2) is 16.8 Å². The summed E-state index contributed by atoms with van der Waals surface area (Å²) in [5, 5.41) is 9.52. The molecular weight excluding hydrogens is 378 g/mol. The molecule has 1 aliphatic heterocycles. The molecule has 0 saturated heterocycles. The third-order valence-corrected chi connectivity index (χ3v) is 6.21. The van der Waals surface area contributed by atoms with E-state index in [9.17, 15) is 0 Å². The Hall–Kier alpha value is -3.85. The minimum atomic E-state index is 0.373. The largest absolute Gasteiger partial charge is 0.309 e. The molecular formula is C28H23N3. The van der Waals surface area contributed by atoms with Gasteiger partial charge in [0.05, 0.1) is 29.0 Å². The summed E-state index contributed by atoms with van der Waals surface area (Å²) in [7, 11) is 0. The maximum Gasteiger partial charge on any atom is 0.0629 e. The zero-order valence-electron chi connectivity index (χ0n) is 17.4. The highest BCUT2D eigenvalue weighted by molar-refractivity contribution is 6.10. The second kappa shape index (κ2) is 7.13. The van der Waals surface area contributed by atoms with E-state index >= 15 is 0 Å². The van der Waals surface area contributed by atoms with Crippen LogP contribution in [0, 0.1) is 0 Å². The molecule has 4 aromatic carbocycles. The number of hydrazone groups is 1. The Bertz CT molecular complexity index is 1430. The monoisotopic (exact) mass is 401 g/mol. The molecule has 0 radical (unpaired) electrons. The molecule has 0 saturated carbocycles. The molecule has 0 bridgehead atoms. The fourth-order valence-corrected chi connectivity index (χ4v) is 4.78. The van der Waals surface area contributed by atoms with Gasteiger partial charge in [-0.1, -0.05) is 60.7 Å². The van der Waals surface area contributed by atoms with Gasteiger partial charge in [-0.15, -0.1) is 0 Å². The molecule has 0 fully saturated rings. The van der Waals surface area contributed by atoms with Gasteiger partial charge in [0.1, 0.15) is 0 Å². The smallest absolute Gasteiger partial charge is 0.0629 e. The summed E-state index contributed by atoms with van der Waals surface area (Å²) in [5.41, 5.74) is 7.31. The van der Waals surface area contributed by atoms with Crippen molar-refractivity contribution >= 4 is 33.7 Å². The fourth-order valence-electron chi connectivity index (χ4n) is 4.78. The molecule has 3 nitrogen and oxygen atoms in total. The molecule has 3 heteroatoms. The minimum Gasteiger partial charge on any atom is -0.309 e. The number of hydrogen-bond donors (Lipinski definition) is 0. The summed E-state index contributed by atoms with van der Waals surface area (Å²) in [6.45, 7) is 2.23. The quantitative estimate of drug-likeness (QED) is 0.313. The topological polar surface area (TPSA) is 20.5 Å². The van der Waals surface area contributed by atoms with Gasteiger partial charge in [0, 0.05) is 16.5 Å². The van der Waals surface area contributed by atoms with Gasteiger partial charge in [-0.3, -0.25) is 5.01 Å². The first kappa shape index (κ1) is 18.0. The van der Waals surface area contributed by atoms with Crippen molar-refractivity contribution in [1.29, 1.82) is 0 Å². The molecule has 0 spiro atoms. The van der Waals surface area contributed by atoms with Gasteiger partial charge in [-0.25, -0.2) is 0 Å². The third kappa shape index (κ3) is 2.93. The number of anilines is 1. The van der Waals surface area contributed by atoms with Crippen LogP contribution in [0.4, 0.5) is 5.69 Å². The highest BCUT2D eigenvalue weighted by atomic mass is 15.5. The van der Waals surface area contributed by atoms with Crippen molar-refractivity contribution in [2.45, 2.75) is 19.4 Å². The van der Waals surface area contributed by atoms with Crippen LogP contribution in [0.2, 0.25) is 0 Å². The first-order chi connectivity index (χ1) is 15.3. The van der Waals surface area contributed by atoms with Crippen molar-refractivity contribution in [2.75, 3.05) is 5.01 Å². The predicted octanol–water partition coefficient (Wildman–Crippen LogP) is 6.57. The number of nitrogens with zero attached hydrogens (tertiary/aromatic N) is 3. The number of aromatic nitrogens is 1. The Labute approximate surface area is 181 Å². The van der Waals surface area contributed by atoms with E-state index < -0.39 is 0 Å². The SMILES string of the molecule is CC1Cc2ccccc2N1N=Cc1ccc2c(c1)c1ccccc1n2-c1ccccc1. The molecule has 1 atom stereocenters. The first-order valence-corrected chi connectivity index (χ1v) is 10.8. The molecule has 1 aliphatic rings. The van der Waals surface area contributed by atoms with E-state index in [1.807, 2.05) is 6.21 Å². The van der Waals surface area contributed by atoms with Crippen molar-refractivity contribution in [1.82, 2.24) is 4.57 Å². The van der Waals surface area contributed by atoms with Gasteiger partial charge in [0.2, 0.25) is 0 Å². The van der Waals surface area contributed by atoms with Crippen molar-refractivity contribution in [3.63, 3.8) is 0 Å². The van der Waals surface area contributed by atoms with Crippen molar-refractivity contribution in [3.8, 4) is 5.69 Å². The Morgan fingerprint density at radius 1 is 0.774 bits per heavy atom. The molecule has 0 aliphatic carbocycles. The van der Waals surface area contributed by atoms with Gasteiger partial charge in [0.15, 0.2) is 0 Å². The van der Waals surface area contributed by atoms with E-state index in [4.69, 9.17) is 5.10 Å². The van der Waals surface area contributed by atoms with E-state index in [0.717, 1.165) is 12.0 Å². The molecule has 0 N–H and O–H groups in total. The summed E-state index contributed by atoms with van der Waals surface area (Å²) < 4.78 is 2.34. The summed E-state index contributed by atoms with van der Waals surface area (Å²) in [4.78, 5) is 0. The van der Waals surface area contributed by atoms with Crippen LogP contribution in [0.15, 0.2) is 102 Å². The zero-order valence-corrected chi connectivity index (χ0v) is 17.4. The number of benzene rings is 4. The lowest BCUT2D eigenvalue weighted by molar-refractivity contribution is 0.700. The van der Waals surface area contributed by atoms with Gasteiger partial charge in [-0.05, 0) is 60.9 Å². The third-order valence-electron chi connectivity index (χ3n) is 6.21. The zero-order chi connectivity index (χ0) is 20.8. The average molecular weight is 402 g/mol. The number of para-hydroxylation sites is 3. The van der Waals surface area contributed by atoms with Crippen LogP contribution in [0.25, 0.3) is 27.5 Å². The van der Waals surface area contributed by atoms with E-state index in [1.54, 1.807) is 0 Å². The molecule has 0 amide bonds. The second-order valence-corrected chi connectivity index (χ2v) is 8.24. The van der Waals surface area contributed by atoms with E-state index in [-0.39, 0.29) is 0 Å². The van der Waals surface area contributed by atoms with Gasteiger partial charge in [0.25, 0.3) is 0 Å². The molecule has 5 aromatic rings. The maximum atomic E-state index is 4.87. The van der Waals surface area contributed by atoms with Gasteiger partial charge in [-0.2, -0.15) is 5.10 Å². The molecule has 6 rings (SSSR count). The van der Waals surface area contributed by atoms with Crippen LogP contribution < -0.4 is 5.01 Å². The summed E-state index contributed by atoms with van der Waals surface area (Å²) in [6, 6.07) is 34.7. The fraction of sp³-hybridized carbons (Fsp3) is 0.107. The van der Waals surface area contributed by atoms with Crippen LogP contribution in [0.5, 0.6) is 0 Å². The lowest BCUT2D eigenvalue weighted by atomic mass is 10.1. The number of hydrogen-bond acceptors (Lipinski definition) is 2. The highest BCUT2D eigenvalue weighted by Crippen LogP contribution is 2.33. The van der Waals surface area contributed by atoms with Crippen molar-refractivity contribution < 1.29 is 0 Å². The molecule has 150 valence electrons. The van der Waals surface area contributed by atoms with Crippen LogP contribution in [-0.2, 0) is 6.42 Å². The van der Waals surface area contributed by atoms with E-state index in [1.165, 1.54) is 38.7 Å². The van der Waals surface area contributed by atoms with Crippen LogP contribution >= 0.6 is 0 Å². The van der Waals surface area contributed by atoms with Crippen molar-refractivity contribution in [2.24, 2.45) is 5.10 Å². The Morgan fingerprint density at radius 3 is 2.42 bits per heavy atom. The summed E-state index contributed by atoms with van der Waals surface area (Å²) in [6.07, 6.45) is 3.03. The maximum absolute atomic E-state index is 4.87.